The molecule has 0 aliphatic heterocycles. The molecule has 0 saturated heterocycles. The number of benzene rings is 1. The van der Waals surface area contributed by atoms with E-state index in [4.69, 9.17) is 11.5 Å². The summed E-state index contributed by atoms with van der Waals surface area (Å²) < 4.78 is 32.7. The van der Waals surface area contributed by atoms with E-state index in [1.165, 1.54) is 31.6 Å². The van der Waals surface area contributed by atoms with Crippen molar-refractivity contribution >= 4 is 27.9 Å². The summed E-state index contributed by atoms with van der Waals surface area (Å²) in [5.41, 5.74) is 13.4. The second kappa shape index (κ2) is 11.9. The Morgan fingerprint density at radius 3 is 2.52 bits per heavy atom. The molecule has 0 bridgehead atoms. The van der Waals surface area contributed by atoms with Crippen LogP contribution >= 0.6 is 0 Å². The van der Waals surface area contributed by atoms with Gasteiger partial charge in [-0.05, 0) is 43.5 Å². The van der Waals surface area contributed by atoms with Gasteiger partial charge in [-0.15, -0.1) is 5.10 Å². The van der Waals surface area contributed by atoms with Crippen molar-refractivity contribution in [3.63, 3.8) is 0 Å². The van der Waals surface area contributed by atoms with Crippen molar-refractivity contribution in [1.29, 1.82) is 0 Å². The standard InChI is InChI=1S/C20H24N6O4S.C2H6/c1-30-20(27)18-14-25(24-23-18)11-6-5-7-16(21)13-15-10-12-26(19(15)22)31(28,29)17-8-3-2-4-9-17;1-2/h2-4,8-10,12-14H,5-7,11,21-22H2,1H3;1-2H3/b16-13-;. The van der Waals surface area contributed by atoms with E-state index < -0.39 is 16.0 Å². The largest absolute Gasteiger partial charge is 0.464 e. The van der Waals surface area contributed by atoms with E-state index in [0.29, 0.717) is 24.2 Å². The summed E-state index contributed by atoms with van der Waals surface area (Å²) in [6, 6.07) is 9.70. The number of carbonyl (C=O) groups excluding carboxylic acids is 1. The van der Waals surface area contributed by atoms with Crippen molar-refractivity contribution in [2.45, 2.75) is 44.6 Å². The van der Waals surface area contributed by atoms with Crippen LogP contribution in [0.15, 0.2) is 59.4 Å². The van der Waals surface area contributed by atoms with Gasteiger partial charge in [-0.3, -0.25) is 4.68 Å². The molecule has 0 atom stereocenters. The zero-order chi connectivity index (χ0) is 24.4. The number of esters is 1. The average Bonchev–Trinajstić information content (AvgIpc) is 3.45. The molecule has 0 radical (unpaired) electrons. The number of ether oxygens (including phenoxy) is 1. The number of allylic oxidation sites excluding steroid dienone is 1. The molecule has 0 aliphatic carbocycles. The van der Waals surface area contributed by atoms with E-state index in [1.54, 1.807) is 35.0 Å². The van der Waals surface area contributed by atoms with Gasteiger partial charge in [-0.2, -0.15) is 0 Å². The van der Waals surface area contributed by atoms with Crippen LogP contribution in [0, 0.1) is 0 Å². The second-order valence-electron chi connectivity index (χ2n) is 6.81. The molecule has 0 aliphatic rings. The molecule has 178 valence electrons. The number of nitrogen functional groups attached to an aromatic ring is 1. The van der Waals surface area contributed by atoms with Gasteiger partial charge in [0.2, 0.25) is 0 Å². The van der Waals surface area contributed by atoms with E-state index in [-0.39, 0.29) is 16.4 Å². The van der Waals surface area contributed by atoms with Gasteiger partial charge in [0.15, 0.2) is 5.69 Å². The summed E-state index contributed by atoms with van der Waals surface area (Å²) in [6.45, 7) is 4.57. The van der Waals surface area contributed by atoms with E-state index in [0.717, 1.165) is 16.8 Å². The van der Waals surface area contributed by atoms with Gasteiger partial charge in [0.1, 0.15) is 5.82 Å². The fraction of sp³-hybridized carbons (Fsp3) is 0.318. The summed E-state index contributed by atoms with van der Waals surface area (Å²) in [5.74, 6) is -0.429. The van der Waals surface area contributed by atoms with Gasteiger partial charge < -0.3 is 16.2 Å². The first-order chi connectivity index (χ1) is 15.8. The number of nitrogens with zero attached hydrogens (tertiary/aromatic N) is 4. The Morgan fingerprint density at radius 2 is 1.85 bits per heavy atom. The van der Waals surface area contributed by atoms with E-state index in [2.05, 4.69) is 15.0 Å². The molecule has 3 aromatic rings. The normalized spacial score (nSPS) is 11.5. The summed E-state index contributed by atoms with van der Waals surface area (Å²) in [4.78, 5) is 11.5. The Hall–Kier alpha value is -3.60. The minimum absolute atomic E-state index is 0.102. The van der Waals surface area contributed by atoms with Crippen LogP contribution < -0.4 is 11.5 Å². The van der Waals surface area contributed by atoms with Gasteiger partial charge in [-0.1, -0.05) is 37.3 Å². The molecule has 3 rings (SSSR count). The SMILES string of the molecule is CC.COC(=O)c1cn(CCCC/C(N)=C/c2ccn(S(=O)(=O)c3ccccc3)c2N)nn1. The average molecular weight is 475 g/mol. The quantitative estimate of drug-likeness (QED) is 0.355. The molecular weight excluding hydrogens is 444 g/mol. The first-order valence-electron chi connectivity index (χ1n) is 10.5. The highest BCUT2D eigenvalue weighted by Crippen LogP contribution is 2.23. The third-order valence-corrected chi connectivity index (χ3v) is 6.30. The fourth-order valence-corrected chi connectivity index (χ4v) is 4.27. The highest BCUT2D eigenvalue weighted by molar-refractivity contribution is 7.90. The topological polar surface area (TPSA) is 148 Å². The number of aromatic nitrogens is 4. The molecule has 33 heavy (non-hydrogen) atoms. The predicted molar refractivity (Wildman–Crippen MR) is 127 cm³/mol. The van der Waals surface area contributed by atoms with Gasteiger partial charge >= 0.3 is 5.97 Å². The van der Waals surface area contributed by atoms with Crippen molar-refractivity contribution in [3.8, 4) is 0 Å². The van der Waals surface area contributed by atoms with Gasteiger partial charge in [-0.25, -0.2) is 17.2 Å². The number of hydrogen-bond acceptors (Lipinski definition) is 8. The lowest BCUT2D eigenvalue weighted by Crippen LogP contribution is -2.14. The van der Waals surface area contributed by atoms with Crippen LogP contribution in [-0.4, -0.2) is 40.5 Å². The molecule has 0 saturated carbocycles. The lowest BCUT2D eigenvalue weighted by molar-refractivity contribution is 0.0594. The Kier molecular flexibility index (Phi) is 9.22. The molecule has 11 heteroatoms. The molecule has 2 heterocycles. The minimum atomic E-state index is -3.77. The molecule has 4 N–H and O–H groups in total. The Balaban J connectivity index is 0.00000187. The number of rotatable bonds is 9. The van der Waals surface area contributed by atoms with Crippen LogP contribution in [-0.2, 0) is 21.3 Å². The maximum Gasteiger partial charge on any atom is 0.360 e. The van der Waals surface area contributed by atoms with Crippen LogP contribution in [0.3, 0.4) is 0 Å². The van der Waals surface area contributed by atoms with Gasteiger partial charge in [0.25, 0.3) is 10.0 Å². The monoisotopic (exact) mass is 474 g/mol. The number of methoxy groups -OCH3 is 1. The molecule has 0 fully saturated rings. The molecule has 1 aromatic carbocycles. The van der Waals surface area contributed by atoms with Crippen LogP contribution in [0.25, 0.3) is 6.08 Å². The third-order valence-electron chi connectivity index (χ3n) is 4.60. The molecule has 2 aromatic heterocycles. The summed E-state index contributed by atoms with van der Waals surface area (Å²) >= 11 is 0. The summed E-state index contributed by atoms with van der Waals surface area (Å²) in [5, 5.41) is 7.62. The predicted octanol–water partition coefficient (Wildman–Crippen LogP) is 2.88. The highest BCUT2D eigenvalue weighted by Gasteiger charge is 2.19. The molecule has 0 unspecified atom stereocenters. The number of unbranched alkanes of at least 4 members (excludes halogenated alkanes) is 1. The fourth-order valence-electron chi connectivity index (χ4n) is 2.96. The highest BCUT2D eigenvalue weighted by atomic mass is 32.2. The van der Waals surface area contributed by atoms with E-state index >= 15 is 0 Å². The van der Waals surface area contributed by atoms with Crippen LogP contribution in [0.5, 0.6) is 0 Å². The lowest BCUT2D eigenvalue weighted by atomic mass is 10.1. The minimum Gasteiger partial charge on any atom is -0.464 e. The molecular formula is C22H30N6O4S. The second-order valence-corrected chi connectivity index (χ2v) is 8.62. The van der Waals surface area contributed by atoms with Crippen LogP contribution in [0.4, 0.5) is 5.82 Å². The number of anilines is 1. The maximum absolute atomic E-state index is 12.8. The Labute approximate surface area is 193 Å². The molecule has 10 nitrogen and oxygen atoms in total. The van der Waals surface area contributed by atoms with Crippen LogP contribution in [0.1, 0.15) is 49.2 Å². The van der Waals surface area contributed by atoms with Crippen molar-refractivity contribution in [2.24, 2.45) is 5.73 Å². The number of carbonyl (C=O) groups is 1. The Bertz CT molecular complexity index is 1180. The zero-order valence-corrected chi connectivity index (χ0v) is 19.8. The first kappa shape index (κ1) is 25.7. The number of hydrogen-bond donors (Lipinski definition) is 2. The zero-order valence-electron chi connectivity index (χ0n) is 19.0. The summed E-state index contributed by atoms with van der Waals surface area (Å²) in [6.07, 6.45) is 6.74. The van der Waals surface area contributed by atoms with Gasteiger partial charge in [0, 0.05) is 24.0 Å². The van der Waals surface area contributed by atoms with Gasteiger partial charge in [0.05, 0.1) is 18.2 Å². The third kappa shape index (κ3) is 6.45. The number of nitrogens with two attached hydrogens (primary N) is 2. The van der Waals surface area contributed by atoms with Crippen molar-refractivity contribution < 1.29 is 17.9 Å². The maximum atomic E-state index is 12.8. The van der Waals surface area contributed by atoms with Crippen molar-refractivity contribution in [2.75, 3.05) is 12.8 Å². The van der Waals surface area contributed by atoms with E-state index in [9.17, 15) is 13.2 Å². The van der Waals surface area contributed by atoms with Crippen LogP contribution in [0.2, 0.25) is 0 Å². The van der Waals surface area contributed by atoms with E-state index in [1.807, 2.05) is 13.8 Å². The first-order valence-corrected chi connectivity index (χ1v) is 12.0. The van der Waals surface area contributed by atoms with Crippen molar-refractivity contribution in [1.82, 2.24) is 19.0 Å². The molecule has 0 spiro atoms. The smallest absolute Gasteiger partial charge is 0.360 e. The summed E-state index contributed by atoms with van der Waals surface area (Å²) in [7, 11) is -2.48. The van der Waals surface area contributed by atoms with Crippen molar-refractivity contribution in [3.05, 3.63) is 65.7 Å². The molecule has 0 amide bonds. The Morgan fingerprint density at radius 1 is 1.15 bits per heavy atom. The number of aryl methyl sites for hydroxylation is 1. The lowest BCUT2D eigenvalue weighted by Gasteiger charge is -2.08.